The second kappa shape index (κ2) is 10.5. The van der Waals surface area contributed by atoms with E-state index in [2.05, 4.69) is 0 Å². The monoisotopic (exact) mass is 418 g/mol. The first-order chi connectivity index (χ1) is 13.9. The van der Waals surface area contributed by atoms with Gasteiger partial charge in [-0.15, -0.1) is 0 Å². The number of ketones is 1. The number of carbonyl (C=O) groups is 2. The van der Waals surface area contributed by atoms with E-state index < -0.39 is 12.1 Å². The molecule has 0 heterocycles. The zero-order chi connectivity index (χ0) is 21.4. The molecule has 0 saturated heterocycles. The Labute approximate surface area is 175 Å². The minimum atomic E-state index is -0.931. The lowest BCUT2D eigenvalue weighted by molar-refractivity contribution is -0.140. The van der Waals surface area contributed by atoms with E-state index in [-0.39, 0.29) is 5.78 Å². The highest BCUT2D eigenvalue weighted by atomic mass is 35.5. The van der Waals surface area contributed by atoms with E-state index >= 15 is 0 Å². The van der Waals surface area contributed by atoms with Gasteiger partial charge >= 0.3 is 5.97 Å². The van der Waals surface area contributed by atoms with Crippen molar-refractivity contribution in [1.29, 1.82) is 0 Å². The zero-order valence-electron chi connectivity index (χ0n) is 16.7. The van der Waals surface area contributed by atoms with Crippen LogP contribution in [0.1, 0.15) is 29.8 Å². The SMILES string of the molecule is CCOc1cc(/C=C/C(=O)O[C@@H](C)C(=O)c2ccc(OC)cc2)cc(Cl)c1OC. The van der Waals surface area contributed by atoms with Gasteiger partial charge in [-0.3, -0.25) is 4.79 Å². The Kier molecular flexibility index (Phi) is 8.09. The highest BCUT2D eigenvalue weighted by molar-refractivity contribution is 6.32. The van der Waals surface area contributed by atoms with Crippen LogP contribution < -0.4 is 14.2 Å². The maximum Gasteiger partial charge on any atom is 0.331 e. The fraction of sp³-hybridized carbons (Fsp3) is 0.273. The van der Waals surface area contributed by atoms with Crippen LogP contribution >= 0.6 is 11.6 Å². The van der Waals surface area contributed by atoms with Crippen LogP contribution in [-0.2, 0) is 9.53 Å². The summed E-state index contributed by atoms with van der Waals surface area (Å²) in [5.41, 5.74) is 1.06. The largest absolute Gasteiger partial charge is 0.497 e. The first-order valence-corrected chi connectivity index (χ1v) is 9.34. The summed E-state index contributed by atoms with van der Waals surface area (Å²) >= 11 is 6.19. The maximum atomic E-state index is 12.4. The summed E-state index contributed by atoms with van der Waals surface area (Å²) in [5, 5.41) is 0.356. The third-order valence-electron chi connectivity index (χ3n) is 3.98. The molecule has 6 nitrogen and oxygen atoms in total. The van der Waals surface area contributed by atoms with Gasteiger partial charge in [-0.05, 0) is 61.9 Å². The van der Waals surface area contributed by atoms with Crippen molar-refractivity contribution in [2.45, 2.75) is 20.0 Å². The summed E-state index contributed by atoms with van der Waals surface area (Å²) in [4.78, 5) is 24.5. The van der Waals surface area contributed by atoms with Gasteiger partial charge in [-0.25, -0.2) is 4.79 Å². The van der Waals surface area contributed by atoms with Crippen molar-refractivity contribution in [1.82, 2.24) is 0 Å². The number of esters is 1. The highest BCUT2D eigenvalue weighted by Gasteiger charge is 2.18. The summed E-state index contributed by atoms with van der Waals surface area (Å²) in [6.07, 6.45) is 1.82. The molecular weight excluding hydrogens is 396 g/mol. The van der Waals surface area contributed by atoms with E-state index in [0.717, 1.165) is 0 Å². The summed E-state index contributed by atoms with van der Waals surface area (Å²) in [6, 6.07) is 9.92. The van der Waals surface area contributed by atoms with Gasteiger partial charge in [-0.2, -0.15) is 0 Å². The number of ether oxygens (including phenoxy) is 4. The average molecular weight is 419 g/mol. The van der Waals surface area contributed by atoms with Crippen LogP contribution in [0, 0.1) is 0 Å². The van der Waals surface area contributed by atoms with Gasteiger partial charge < -0.3 is 18.9 Å². The minimum absolute atomic E-state index is 0.305. The molecule has 2 aromatic carbocycles. The molecule has 0 radical (unpaired) electrons. The predicted molar refractivity (Wildman–Crippen MR) is 111 cm³/mol. The summed E-state index contributed by atoms with van der Waals surface area (Å²) in [6.45, 7) is 3.80. The van der Waals surface area contributed by atoms with Crippen molar-refractivity contribution >= 4 is 29.4 Å². The van der Waals surface area contributed by atoms with Crippen molar-refractivity contribution in [2.75, 3.05) is 20.8 Å². The average Bonchev–Trinajstić information content (AvgIpc) is 2.72. The van der Waals surface area contributed by atoms with Crippen LogP contribution in [0.3, 0.4) is 0 Å². The van der Waals surface area contributed by atoms with Crippen LogP contribution in [0.2, 0.25) is 5.02 Å². The molecule has 1 atom stereocenters. The molecular formula is C22H23ClO6. The van der Waals surface area contributed by atoms with E-state index in [1.807, 2.05) is 6.92 Å². The lowest BCUT2D eigenvalue weighted by atomic mass is 10.1. The van der Waals surface area contributed by atoms with Crippen LogP contribution in [0.5, 0.6) is 17.2 Å². The van der Waals surface area contributed by atoms with Crippen LogP contribution in [0.25, 0.3) is 6.08 Å². The summed E-state index contributed by atoms with van der Waals surface area (Å²) in [5.74, 6) is 0.578. The molecule has 7 heteroatoms. The number of rotatable bonds is 9. The smallest absolute Gasteiger partial charge is 0.331 e. The third-order valence-corrected chi connectivity index (χ3v) is 4.27. The number of Topliss-reactive ketones (excluding diaryl/α,β-unsaturated/α-hetero) is 1. The van der Waals surface area contributed by atoms with Gasteiger partial charge in [0.05, 0.1) is 25.8 Å². The Morgan fingerprint density at radius 1 is 1.10 bits per heavy atom. The summed E-state index contributed by atoms with van der Waals surface area (Å²) in [7, 11) is 3.04. The van der Waals surface area contributed by atoms with Gasteiger partial charge in [0.1, 0.15) is 5.75 Å². The van der Waals surface area contributed by atoms with Gasteiger partial charge in [0.25, 0.3) is 0 Å². The van der Waals surface area contributed by atoms with E-state index in [1.165, 1.54) is 26.2 Å². The molecule has 154 valence electrons. The predicted octanol–water partition coefficient (Wildman–Crippen LogP) is 4.58. The molecule has 2 rings (SSSR count). The van der Waals surface area contributed by atoms with Crippen molar-refractivity contribution in [2.24, 2.45) is 0 Å². The number of hydrogen-bond acceptors (Lipinski definition) is 6. The standard InChI is InChI=1S/C22H23ClO6/c1-5-28-19-13-15(12-18(23)22(19)27-4)6-11-20(24)29-14(2)21(25)16-7-9-17(26-3)10-8-16/h6-14H,5H2,1-4H3/b11-6+/t14-/m0/s1. The quantitative estimate of drug-likeness (QED) is 0.337. The Hall–Kier alpha value is -2.99. The van der Waals surface area contributed by atoms with Crippen molar-refractivity contribution < 1.29 is 28.5 Å². The van der Waals surface area contributed by atoms with Crippen molar-refractivity contribution in [3.63, 3.8) is 0 Å². The minimum Gasteiger partial charge on any atom is -0.497 e. The topological polar surface area (TPSA) is 71.1 Å². The van der Waals surface area contributed by atoms with Gasteiger partial charge in [0.2, 0.25) is 5.78 Å². The molecule has 0 aliphatic carbocycles. The Balaban J connectivity index is 2.05. The molecule has 0 spiro atoms. The number of halogens is 1. The van der Waals surface area contributed by atoms with E-state index in [1.54, 1.807) is 43.5 Å². The molecule has 0 aliphatic rings. The van der Waals surface area contributed by atoms with Crippen molar-refractivity contribution in [3.05, 3.63) is 58.6 Å². The molecule has 29 heavy (non-hydrogen) atoms. The van der Waals surface area contributed by atoms with Gasteiger partial charge in [-0.1, -0.05) is 11.6 Å². The fourth-order valence-corrected chi connectivity index (χ4v) is 2.86. The van der Waals surface area contributed by atoms with Crippen molar-refractivity contribution in [3.8, 4) is 17.2 Å². The fourth-order valence-electron chi connectivity index (χ4n) is 2.57. The van der Waals surface area contributed by atoms with E-state index in [0.29, 0.717) is 40.0 Å². The molecule has 0 fully saturated rings. The normalized spacial score (nSPS) is 11.8. The maximum absolute atomic E-state index is 12.4. The van der Waals surface area contributed by atoms with E-state index in [4.69, 9.17) is 30.5 Å². The Morgan fingerprint density at radius 2 is 1.79 bits per heavy atom. The Morgan fingerprint density at radius 3 is 2.38 bits per heavy atom. The van der Waals surface area contributed by atoms with Gasteiger partial charge in [0, 0.05) is 11.6 Å². The second-order valence-corrected chi connectivity index (χ2v) is 6.38. The van der Waals surface area contributed by atoms with Crippen LogP contribution in [0.4, 0.5) is 0 Å². The first kappa shape index (κ1) is 22.3. The molecule has 0 saturated carbocycles. The third kappa shape index (κ3) is 5.99. The van der Waals surface area contributed by atoms with Crippen LogP contribution in [0.15, 0.2) is 42.5 Å². The molecule has 0 aliphatic heterocycles. The number of carbonyl (C=O) groups excluding carboxylic acids is 2. The first-order valence-electron chi connectivity index (χ1n) is 8.96. The molecule has 0 unspecified atom stereocenters. The molecule has 0 bridgehead atoms. The number of hydrogen-bond donors (Lipinski definition) is 0. The lowest BCUT2D eigenvalue weighted by Crippen LogP contribution is -2.23. The number of benzene rings is 2. The van der Waals surface area contributed by atoms with Gasteiger partial charge in [0.15, 0.2) is 17.6 Å². The van der Waals surface area contributed by atoms with E-state index in [9.17, 15) is 9.59 Å². The zero-order valence-corrected chi connectivity index (χ0v) is 17.5. The lowest BCUT2D eigenvalue weighted by Gasteiger charge is -2.12. The molecule has 2 aromatic rings. The molecule has 0 N–H and O–H groups in total. The van der Waals surface area contributed by atoms with Crippen LogP contribution in [-0.4, -0.2) is 38.7 Å². The molecule has 0 amide bonds. The highest BCUT2D eigenvalue weighted by Crippen LogP contribution is 2.36. The summed E-state index contributed by atoms with van der Waals surface area (Å²) < 4.78 is 21.0. The number of methoxy groups -OCH3 is 2. The molecule has 0 aromatic heterocycles. The Bertz CT molecular complexity index is 889. The second-order valence-electron chi connectivity index (χ2n) is 5.97.